The molecule has 18 heavy (non-hydrogen) atoms. The standard InChI is InChI=1S/C12H16N2O4/c1-12(2,18-3)8-13-10-5-4-9(7-15)6-11(10)14(16)17/h4-7,13H,8H2,1-3H3. The van der Waals surface area contributed by atoms with Gasteiger partial charge in [0.15, 0.2) is 0 Å². The average Bonchev–Trinajstić information content (AvgIpc) is 2.36. The van der Waals surface area contributed by atoms with Crippen molar-refractivity contribution in [1.29, 1.82) is 0 Å². The van der Waals surface area contributed by atoms with Crippen LogP contribution in [0.25, 0.3) is 0 Å². The third-order valence-corrected chi connectivity index (χ3v) is 2.61. The highest BCUT2D eigenvalue weighted by Crippen LogP contribution is 2.25. The van der Waals surface area contributed by atoms with E-state index in [9.17, 15) is 14.9 Å². The van der Waals surface area contributed by atoms with E-state index < -0.39 is 10.5 Å². The predicted octanol–water partition coefficient (Wildman–Crippen LogP) is 2.24. The molecule has 1 aromatic carbocycles. The molecule has 1 N–H and O–H groups in total. The van der Waals surface area contributed by atoms with E-state index in [1.54, 1.807) is 7.11 Å². The van der Waals surface area contributed by atoms with Gasteiger partial charge in [-0.05, 0) is 26.0 Å². The molecule has 0 aliphatic heterocycles. The number of benzene rings is 1. The number of aldehydes is 1. The Labute approximate surface area is 105 Å². The lowest BCUT2D eigenvalue weighted by Crippen LogP contribution is -2.32. The van der Waals surface area contributed by atoms with E-state index in [0.717, 1.165) is 0 Å². The number of methoxy groups -OCH3 is 1. The number of ether oxygens (including phenoxy) is 1. The van der Waals surface area contributed by atoms with Crippen molar-refractivity contribution in [3.63, 3.8) is 0 Å². The number of carbonyl (C=O) groups excluding carboxylic acids is 1. The fraction of sp³-hybridized carbons (Fsp3) is 0.417. The number of nitrogens with one attached hydrogen (secondary N) is 1. The van der Waals surface area contributed by atoms with E-state index in [2.05, 4.69) is 5.32 Å². The number of hydrogen-bond acceptors (Lipinski definition) is 5. The Morgan fingerprint density at radius 1 is 1.50 bits per heavy atom. The van der Waals surface area contributed by atoms with Crippen LogP contribution in [0.2, 0.25) is 0 Å². The molecular formula is C12H16N2O4. The molecule has 0 bridgehead atoms. The minimum atomic E-state index is -0.519. The lowest BCUT2D eigenvalue weighted by Gasteiger charge is -2.23. The highest BCUT2D eigenvalue weighted by atomic mass is 16.6. The summed E-state index contributed by atoms with van der Waals surface area (Å²) in [5, 5.41) is 13.9. The lowest BCUT2D eigenvalue weighted by atomic mass is 10.1. The van der Waals surface area contributed by atoms with Crippen molar-refractivity contribution in [3.05, 3.63) is 33.9 Å². The molecule has 0 unspecified atom stereocenters. The van der Waals surface area contributed by atoms with Crippen LogP contribution in [0.1, 0.15) is 24.2 Å². The summed E-state index contributed by atoms with van der Waals surface area (Å²) in [6.45, 7) is 4.15. The molecule has 0 spiro atoms. The van der Waals surface area contributed by atoms with Gasteiger partial charge in [-0.2, -0.15) is 0 Å². The summed E-state index contributed by atoms with van der Waals surface area (Å²) in [6.07, 6.45) is 0.579. The molecule has 6 nitrogen and oxygen atoms in total. The van der Waals surface area contributed by atoms with E-state index in [1.807, 2.05) is 13.8 Å². The van der Waals surface area contributed by atoms with Crippen LogP contribution in [-0.4, -0.2) is 30.5 Å². The zero-order valence-electron chi connectivity index (χ0n) is 10.6. The number of anilines is 1. The summed E-state index contributed by atoms with van der Waals surface area (Å²) in [6, 6.07) is 4.30. The summed E-state index contributed by atoms with van der Waals surface area (Å²) in [5.41, 5.74) is 0.0949. The van der Waals surface area contributed by atoms with Gasteiger partial charge in [0.25, 0.3) is 5.69 Å². The van der Waals surface area contributed by atoms with E-state index in [-0.39, 0.29) is 11.3 Å². The Hall–Kier alpha value is -1.95. The molecule has 0 aliphatic carbocycles. The van der Waals surface area contributed by atoms with Gasteiger partial charge in [0.05, 0.1) is 10.5 Å². The highest BCUT2D eigenvalue weighted by Gasteiger charge is 2.19. The number of hydrogen-bond donors (Lipinski definition) is 1. The van der Waals surface area contributed by atoms with Crippen LogP contribution in [0.4, 0.5) is 11.4 Å². The monoisotopic (exact) mass is 252 g/mol. The lowest BCUT2D eigenvalue weighted by molar-refractivity contribution is -0.384. The molecule has 0 atom stereocenters. The van der Waals surface area contributed by atoms with E-state index in [1.165, 1.54) is 18.2 Å². The summed E-state index contributed by atoms with van der Waals surface area (Å²) in [4.78, 5) is 21.0. The number of nitro groups is 1. The van der Waals surface area contributed by atoms with E-state index >= 15 is 0 Å². The van der Waals surface area contributed by atoms with Crippen LogP contribution in [0.5, 0.6) is 0 Å². The number of carbonyl (C=O) groups is 1. The van der Waals surface area contributed by atoms with Gasteiger partial charge in [0.2, 0.25) is 0 Å². The number of nitro benzene ring substituents is 1. The molecule has 6 heteroatoms. The van der Waals surface area contributed by atoms with Gasteiger partial charge in [0.1, 0.15) is 12.0 Å². The van der Waals surface area contributed by atoms with Crippen molar-refractivity contribution in [2.24, 2.45) is 0 Å². The molecule has 0 saturated heterocycles. The van der Waals surface area contributed by atoms with Crippen molar-refractivity contribution in [3.8, 4) is 0 Å². The Morgan fingerprint density at radius 3 is 2.67 bits per heavy atom. The normalized spacial score (nSPS) is 11.1. The summed E-state index contributed by atoms with van der Waals surface area (Å²) in [5.74, 6) is 0. The largest absolute Gasteiger partial charge is 0.377 e. The topological polar surface area (TPSA) is 81.5 Å². The van der Waals surface area contributed by atoms with E-state index in [4.69, 9.17) is 4.74 Å². The van der Waals surface area contributed by atoms with Crippen molar-refractivity contribution >= 4 is 17.7 Å². The fourth-order valence-corrected chi connectivity index (χ4v) is 1.30. The van der Waals surface area contributed by atoms with Crippen molar-refractivity contribution in [1.82, 2.24) is 0 Å². The molecule has 0 heterocycles. The van der Waals surface area contributed by atoms with Gasteiger partial charge in [0, 0.05) is 25.3 Å². The van der Waals surface area contributed by atoms with E-state index in [0.29, 0.717) is 18.5 Å². The first-order valence-corrected chi connectivity index (χ1v) is 5.42. The second-order valence-corrected chi connectivity index (χ2v) is 4.47. The molecule has 0 aliphatic rings. The van der Waals surface area contributed by atoms with Crippen LogP contribution in [-0.2, 0) is 4.74 Å². The van der Waals surface area contributed by atoms with Gasteiger partial charge < -0.3 is 10.1 Å². The molecular weight excluding hydrogens is 236 g/mol. The number of rotatable bonds is 6. The molecule has 1 aromatic rings. The van der Waals surface area contributed by atoms with Gasteiger partial charge in [-0.1, -0.05) is 0 Å². The second kappa shape index (κ2) is 5.59. The highest BCUT2D eigenvalue weighted by molar-refractivity contribution is 5.79. The summed E-state index contributed by atoms with van der Waals surface area (Å²) in [7, 11) is 1.57. The summed E-state index contributed by atoms with van der Waals surface area (Å²) >= 11 is 0. The maximum absolute atomic E-state index is 10.9. The first-order chi connectivity index (χ1) is 8.39. The first kappa shape index (κ1) is 14.1. The predicted molar refractivity (Wildman–Crippen MR) is 68.1 cm³/mol. The van der Waals surface area contributed by atoms with Gasteiger partial charge in [-0.25, -0.2) is 0 Å². The minimum absolute atomic E-state index is 0.119. The number of nitrogens with zero attached hydrogens (tertiary/aromatic N) is 1. The Balaban J connectivity index is 2.95. The Morgan fingerprint density at radius 2 is 2.17 bits per heavy atom. The smallest absolute Gasteiger partial charge is 0.293 e. The van der Waals surface area contributed by atoms with Gasteiger partial charge >= 0.3 is 0 Å². The van der Waals surface area contributed by atoms with Gasteiger partial charge in [-0.3, -0.25) is 14.9 Å². The molecule has 0 radical (unpaired) electrons. The third-order valence-electron chi connectivity index (χ3n) is 2.61. The van der Waals surface area contributed by atoms with Crippen molar-refractivity contribution in [2.45, 2.75) is 19.4 Å². The SMILES string of the molecule is COC(C)(C)CNc1ccc(C=O)cc1[N+](=O)[O-]. The summed E-state index contributed by atoms with van der Waals surface area (Å²) < 4.78 is 5.22. The van der Waals surface area contributed by atoms with Gasteiger partial charge in [-0.15, -0.1) is 0 Å². The Bertz CT molecular complexity index is 457. The third kappa shape index (κ3) is 3.53. The van der Waals surface area contributed by atoms with Crippen LogP contribution < -0.4 is 5.32 Å². The maximum atomic E-state index is 10.9. The first-order valence-electron chi connectivity index (χ1n) is 5.42. The quantitative estimate of drug-likeness (QED) is 0.477. The molecule has 0 fully saturated rings. The minimum Gasteiger partial charge on any atom is -0.377 e. The maximum Gasteiger partial charge on any atom is 0.293 e. The van der Waals surface area contributed by atoms with Crippen LogP contribution in [0.15, 0.2) is 18.2 Å². The molecule has 1 rings (SSSR count). The second-order valence-electron chi connectivity index (χ2n) is 4.47. The molecule has 0 saturated carbocycles. The average molecular weight is 252 g/mol. The Kier molecular flexibility index (Phi) is 4.38. The molecule has 0 amide bonds. The molecule has 0 aromatic heterocycles. The zero-order valence-corrected chi connectivity index (χ0v) is 10.6. The van der Waals surface area contributed by atoms with Crippen LogP contribution in [0, 0.1) is 10.1 Å². The van der Waals surface area contributed by atoms with Crippen LogP contribution in [0.3, 0.4) is 0 Å². The van der Waals surface area contributed by atoms with Crippen LogP contribution >= 0.6 is 0 Å². The van der Waals surface area contributed by atoms with Crippen molar-refractivity contribution < 1.29 is 14.5 Å². The molecule has 98 valence electrons. The van der Waals surface area contributed by atoms with Crippen molar-refractivity contribution in [2.75, 3.05) is 19.0 Å². The fourth-order valence-electron chi connectivity index (χ4n) is 1.30. The zero-order chi connectivity index (χ0) is 13.8.